The van der Waals surface area contributed by atoms with Crippen molar-refractivity contribution in [3.63, 3.8) is 0 Å². The van der Waals surface area contributed by atoms with Crippen molar-refractivity contribution in [2.75, 3.05) is 0 Å². The lowest BCUT2D eigenvalue weighted by Crippen LogP contribution is -2.40. The summed E-state index contributed by atoms with van der Waals surface area (Å²) in [6.45, 7) is 0. The van der Waals surface area contributed by atoms with Gasteiger partial charge in [0.1, 0.15) is 5.69 Å². The number of aryl methyl sites for hydroxylation is 2. The van der Waals surface area contributed by atoms with E-state index < -0.39 is 0 Å². The molecule has 0 radical (unpaired) electrons. The molecule has 0 amide bonds. The quantitative estimate of drug-likeness (QED) is 0.549. The third-order valence-electron chi connectivity index (χ3n) is 2.16. The summed E-state index contributed by atoms with van der Waals surface area (Å²) in [6.07, 6.45) is 3.87. The summed E-state index contributed by atoms with van der Waals surface area (Å²) in [4.78, 5) is 0. The molecule has 0 aliphatic heterocycles. The summed E-state index contributed by atoms with van der Waals surface area (Å²) >= 11 is 0. The van der Waals surface area contributed by atoms with Crippen LogP contribution in [0, 0.1) is 0 Å². The third kappa shape index (κ3) is 0.830. The Kier molecular flexibility index (Phi) is 1.24. The van der Waals surface area contributed by atoms with Crippen LogP contribution < -0.4 is 5.73 Å². The number of fused-ring (bicyclic) bond motifs is 1. The van der Waals surface area contributed by atoms with Crippen LogP contribution >= 0.6 is 0 Å². The minimum Gasteiger partial charge on any atom is -0.325 e. The highest BCUT2D eigenvalue weighted by Gasteiger charge is 2.10. The molecule has 0 heterocycles. The second-order valence-corrected chi connectivity index (χ2v) is 2.96. The predicted molar refractivity (Wildman–Crippen MR) is 41.0 cm³/mol. The van der Waals surface area contributed by atoms with Crippen molar-refractivity contribution < 1.29 is 5.73 Å². The average Bonchev–Trinajstić information content (AvgIpc) is 2.33. The zero-order chi connectivity index (χ0) is 6.97. The fraction of sp³-hybridized carbons (Fsp3) is 0.333. The number of hydrogen-bond acceptors (Lipinski definition) is 0. The van der Waals surface area contributed by atoms with Gasteiger partial charge < -0.3 is 5.73 Å². The molecular formula is C9H12N+. The Morgan fingerprint density at radius 2 is 1.90 bits per heavy atom. The Morgan fingerprint density at radius 1 is 1.10 bits per heavy atom. The van der Waals surface area contributed by atoms with Gasteiger partial charge in [-0.05, 0) is 36.5 Å². The van der Waals surface area contributed by atoms with Gasteiger partial charge in [-0.3, -0.25) is 0 Å². The molecule has 1 heteroatoms. The number of rotatable bonds is 0. The standard InChI is InChI=1S/C9H11N/c10-9-5-4-7-2-1-3-8(7)6-9/h4-6H,1-3,10H2/p+1. The van der Waals surface area contributed by atoms with Crippen LogP contribution in [0.1, 0.15) is 17.5 Å². The van der Waals surface area contributed by atoms with E-state index in [0.29, 0.717) is 0 Å². The van der Waals surface area contributed by atoms with Crippen molar-refractivity contribution in [3.8, 4) is 0 Å². The number of hydrogen-bond donors (Lipinski definition) is 1. The van der Waals surface area contributed by atoms with Gasteiger partial charge in [-0.15, -0.1) is 0 Å². The van der Waals surface area contributed by atoms with E-state index in [1.807, 2.05) is 0 Å². The minimum atomic E-state index is 1.15. The van der Waals surface area contributed by atoms with Crippen LogP contribution in [0.15, 0.2) is 18.2 Å². The van der Waals surface area contributed by atoms with Gasteiger partial charge in [0.2, 0.25) is 0 Å². The number of quaternary nitrogens is 1. The second kappa shape index (κ2) is 2.10. The van der Waals surface area contributed by atoms with Gasteiger partial charge in [0.15, 0.2) is 0 Å². The van der Waals surface area contributed by atoms with Gasteiger partial charge in [-0.2, -0.15) is 0 Å². The Balaban J connectivity index is 2.52. The van der Waals surface area contributed by atoms with Crippen LogP contribution in [0.25, 0.3) is 0 Å². The van der Waals surface area contributed by atoms with Crippen molar-refractivity contribution in [1.29, 1.82) is 0 Å². The van der Waals surface area contributed by atoms with Gasteiger partial charge in [0.25, 0.3) is 0 Å². The summed E-state index contributed by atoms with van der Waals surface area (Å²) < 4.78 is 0. The Morgan fingerprint density at radius 3 is 2.80 bits per heavy atom. The van der Waals surface area contributed by atoms with Gasteiger partial charge >= 0.3 is 0 Å². The van der Waals surface area contributed by atoms with Crippen molar-refractivity contribution >= 4 is 5.69 Å². The van der Waals surface area contributed by atoms with E-state index in [1.165, 1.54) is 30.4 Å². The predicted octanol–water partition coefficient (Wildman–Crippen LogP) is 1.05. The van der Waals surface area contributed by atoms with Crippen LogP contribution in [0.3, 0.4) is 0 Å². The first-order valence-corrected chi connectivity index (χ1v) is 3.80. The van der Waals surface area contributed by atoms with E-state index in [1.54, 1.807) is 0 Å². The molecule has 0 bridgehead atoms. The fourth-order valence-corrected chi connectivity index (χ4v) is 1.63. The van der Waals surface area contributed by atoms with E-state index in [-0.39, 0.29) is 0 Å². The lowest BCUT2D eigenvalue weighted by molar-refractivity contribution is -0.254. The van der Waals surface area contributed by atoms with Crippen LogP contribution in [0.5, 0.6) is 0 Å². The van der Waals surface area contributed by atoms with Crippen LogP contribution in [-0.2, 0) is 12.8 Å². The van der Waals surface area contributed by atoms with Gasteiger partial charge in [-0.25, -0.2) is 0 Å². The maximum atomic E-state index is 3.90. The molecule has 1 aliphatic rings. The summed E-state index contributed by atoms with van der Waals surface area (Å²) in [6, 6.07) is 6.52. The smallest absolute Gasteiger partial charge is 0.128 e. The summed E-state index contributed by atoms with van der Waals surface area (Å²) in [5, 5.41) is 0. The molecule has 1 aromatic carbocycles. The van der Waals surface area contributed by atoms with E-state index in [2.05, 4.69) is 23.9 Å². The van der Waals surface area contributed by atoms with Crippen LogP contribution in [-0.4, -0.2) is 0 Å². The molecule has 52 valence electrons. The van der Waals surface area contributed by atoms with Gasteiger partial charge in [0, 0.05) is 6.07 Å². The molecule has 0 saturated carbocycles. The maximum Gasteiger partial charge on any atom is 0.128 e. The summed E-state index contributed by atoms with van der Waals surface area (Å²) in [7, 11) is 0. The lowest BCUT2D eigenvalue weighted by atomic mass is 10.1. The monoisotopic (exact) mass is 134 g/mol. The number of benzene rings is 1. The molecule has 2 rings (SSSR count). The fourth-order valence-electron chi connectivity index (χ4n) is 1.63. The van der Waals surface area contributed by atoms with E-state index >= 15 is 0 Å². The molecule has 10 heavy (non-hydrogen) atoms. The molecule has 0 unspecified atom stereocenters. The van der Waals surface area contributed by atoms with Crippen LogP contribution in [0.2, 0.25) is 0 Å². The van der Waals surface area contributed by atoms with Crippen molar-refractivity contribution in [1.82, 2.24) is 0 Å². The van der Waals surface area contributed by atoms with Crippen molar-refractivity contribution in [2.24, 2.45) is 0 Å². The van der Waals surface area contributed by atoms with Crippen molar-refractivity contribution in [3.05, 3.63) is 29.3 Å². The lowest BCUT2D eigenvalue weighted by Gasteiger charge is -1.95. The first-order valence-electron chi connectivity index (χ1n) is 3.80. The molecule has 3 N–H and O–H groups in total. The third-order valence-corrected chi connectivity index (χ3v) is 2.16. The topological polar surface area (TPSA) is 27.6 Å². The molecule has 0 aromatic heterocycles. The SMILES string of the molecule is [NH3+]c1ccc2c(c1)CCC2. The molecule has 0 atom stereocenters. The molecule has 1 aliphatic carbocycles. The Bertz CT molecular complexity index is 253. The summed E-state index contributed by atoms with van der Waals surface area (Å²) in [5.74, 6) is 0. The van der Waals surface area contributed by atoms with Gasteiger partial charge in [-0.1, -0.05) is 6.07 Å². The molecule has 1 aromatic rings. The largest absolute Gasteiger partial charge is 0.325 e. The zero-order valence-corrected chi connectivity index (χ0v) is 6.06. The van der Waals surface area contributed by atoms with Gasteiger partial charge in [0.05, 0.1) is 0 Å². The van der Waals surface area contributed by atoms with E-state index in [9.17, 15) is 0 Å². The normalized spacial score (nSPS) is 15.3. The highest BCUT2D eigenvalue weighted by molar-refractivity contribution is 5.40. The Hall–Kier alpha value is -0.820. The van der Waals surface area contributed by atoms with Crippen LogP contribution in [0.4, 0.5) is 5.69 Å². The van der Waals surface area contributed by atoms with E-state index in [0.717, 1.165) is 5.69 Å². The molecule has 0 spiro atoms. The average molecular weight is 134 g/mol. The molecule has 0 fully saturated rings. The molecule has 0 saturated heterocycles. The highest BCUT2D eigenvalue weighted by atomic mass is 14.5. The highest BCUT2D eigenvalue weighted by Crippen LogP contribution is 2.22. The zero-order valence-electron chi connectivity index (χ0n) is 6.06. The molecule has 1 nitrogen and oxygen atoms in total. The van der Waals surface area contributed by atoms with Crippen molar-refractivity contribution in [2.45, 2.75) is 19.3 Å². The maximum absolute atomic E-state index is 3.90. The Labute approximate surface area is 60.9 Å². The first-order chi connectivity index (χ1) is 4.86. The molecular weight excluding hydrogens is 122 g/mol. The van der Waals surface area contributed by atoms with E-state index in [4.69, 9.17) is 0 Å². The summed E-state index contributed by atoms with van der Waals surface area (Å²) in [5.41, 5.74) is 8.11. The minimum absolute atomic E-state index is 1.15. The first kappa shape index (κ1) is 5.93. The second-order valence-electron chi connectivity index (χ2n) is 2.96.